The summed E-state index contributed by atoms with van der Waals surface area (Å²) in [6, 6.07) is 11.1. The fraction of sp³-hybridized carbons (Fsp3) is 0.333. The van der Waals surface area contributed by atoms with Crippen molar-refractivity contribution in [2.24, 2.45) is 0 Å². The van der Waals surface area contributed by atoms with E-state index in [0.29, 0.717) is 16.2 Å². The smallest absolute Gasteiger partial charge is 0.241 e. The van der Waals surface area contributed by atoms with Crippen molar-refractivity contribution in [1.29, 1.82) is 0 Å². The summed E-state index contributed by atoms with van der Waals surface area (Å²) in [5.74, 6) is 0. The lowest BCUT2D eigenvalue weighted by Crippen LogP contribution is -2.34. The predicted octanol–water partition coefficient (Wildman–Crippen LogP) is 2.46. The fourth-order valence-electron chi connectivity index (χ4n) is 2.21. The highest BCUT2D eigenvalue weighted by Gasteiger charge is 2.22. The van der Waals surface area contributed by atoms with Crippen LogP contribution in [0.1, 0.15) is 22.2 Å². The molecule has 2 N–H and O–H groups in total. The highest BCUT2D eigenvalue weighted by Crippen LogP contribution is 2.25. The Labute approximate surface area is 129 Å². The number of thiophene rings is 1. The van der Waals surface area contributed by atoms with E-state index < -0.39 is 10.0 Å². The minimum absolute atomic E-state index is 0.138. The van der Waals surface area contributed by atoms with Crippen molar-refractivity contribution in [3.8, 4) is 0 Å². The molecular weight excluding hydrogens is 306 g/mol. The van der Waals surface area contributed by atoms with Gasteiger partial charge in [0, 0.05) is 15.8 Å². The van der Waals surface area contributed by atoms with Gasteiger partial charge >= 0.3 is 0 Å². The van der Waals surface area contributed by atoms with Crippen LogP contribution in [0.15, 0.2) is 41.3 Å². The van der Waals surface area contributed by atoms with Crippen molar-refractivity contribution in [3.05, 3.63) is 51.7 Å². The maximum Gasteiger partial charge on any atom is 0.241 e. The maximum atomic E-state index is 12.4. The van der Waals surface area contributed by atoms with Gasteiger partial charge in [0.25, 0.3) is 0 Å². The zero-order valence-electron chi connectivity index (χ0n) is 12.0. The molecule has 6 heteroatoms. The van der Waals surface area contributed by atoms with Crippen LogP contribution >= 0.6 is 11.3 Å². The summed E-state index contributed by atoms with van der Waals surface area (Å²) in [5.41, 5.74) is 1.09. The zero-order valence-corrected chi connectivity index (χ0v) is 13.7. The molecule has 0 aliphatic rings. The van der Waals surface area contributed by atoms with Gasteiger partial charge in [-0.1, -0.05) is 30.3 Å². The molecule has 0 radical (unpaired) electrons. The first-order valence-electron chi connectivity index (χ1n) is 6.69. The molecule has 0 amide bonds. The van der Waals surface area contributed by atoms with Crippen LogP contribution in [0.5, 0.6) is 0 Å². The highest BCUT2D eigenvalue weighted by molar-refractivity contribution is 7.89. The molecule has 0 fully saturated rings. The number of aryl methyl sites for hydroxylation is 1. The molecule has 1 atom stereocenters. The minimum atomic E-state index is -3.55. The van der Waals surface area contributed by atoms with Crippen LogP contribution in [-0.4, -0.2) is 19.6 Å². The SMILES string of the molecule is Cc1sc(CO)cc1S(=O)(=O)NC(C)Cc1ccccc1. The van der Waals surface area contributed by atoms with Gasteiger partial charge in [-0.2, -0.15) is 0 Å². The molecule has 21 heavy (non-hydrogen) atoms. The first kappa shape index (κ1) is 16.2. The third-order valence-corrected chi connectivity index (χ3v) is 5.99. The van der Waals surface area contributed by atoms with Gasteiger partial charge in [0.1, 0.15) is 0 Å². The molecule has 114 valence electrons. The number of aliphatic hydroxyl groups excluding tert-OH is 1. The Morgan fingerprint density at radius 3 is 2.52 bits per heavy atom. The molecule has 2 rings (SSSR count). The number of hydrogen-bond donors (Lipinski definition) is 2. The van der Waals surface area contributed by atoms with Crippen molar-refractivity contribution >= 4 is 21.4 Å². The van der Waals surface area contributed by atoms with Crippen LogP contribution in [0.25, 0.3) is 0 Å². The predicted molar refractivity (Wildman–Crippen MR) is 84.9 cm³/mol. The summed E-state index contributed by atoms with van der Waals surface area (Å²) in [4.78, 5) is 1.61. The van der Waals surface area contributed by atoms with Gasteiger partial charge in [0.05, 0.1) is 11.5 Å². The van der Waals surface area contributed by atoms with Crippen LogP contribution in [0.2, 0.25) is 0 Å². The van der Waals surface area contributed by atoms with E-state index in [1.54, 1.807) is 6.92 Å². The van der Waals surface area contributed by atoms with Crippen molar-refractivity contribution in [3.63, 3.8) is 0 Å². The second kappa shape index (κ2) is 6.70. The molecule has 0 spiro atoms. The van der Waals surface area contributed by atoms with Gasteiger partial charge in [0.2, 0.25) is 10.0 Å². The molecule has 4 nitrogen and oxygen atoms in total. The van der Waals surface area contributed by atoms with E-state index in [-0.39, 0.29) is 17.5 Å². The van der Waals surface area contributed by atoms with E-state index in [9.17, 15) is 8.42 Å². The molecule has 1 aromatic carbocycles. The number of nitrogens with one attached hydrogen (secondary N) is 1. The standard InChI is InChI=1S/C15H19NO3S2/c1-11(8-13-6-4-3-5-7-13)16-21(18,19)15-9-14(10-17)20-12(15)2/h3-7,9,11,16-17H,8,10H2,1-2H3. The highest BCUT2D eigenvalue weighted by atomic mass is 32.2. The number of aliphatic hydroxyl groups is 1. The first-order chi connectivity index (χ1) is 9.92. The molecule has 0 bridgehead atoms. The Kier molecular flexibility index (Phi) is 5.16. The van der Waals surface area contributed by atoms with Gasteiger partial charge < -0.3 is 5.11 Å². The first-order valence-corrected chi connectivity index (χ1v) is 8.99. The lowest BCUT2D eigenvalue weighted by Gasteiger charge is -2.14. The second-order valence-corrected chi connectivity index (χ2v) is 8.03. The molecule has 0 aliphatic carbocycles. The van der Waals surface area contributed by atoms with Gasteiger partial charge in [0.15, 0.2) is 0 Å². The number of sulfonamides is 1. The average molecular weight is 325 g/mol. The van der Waals surface area contributed by atoms with E-state index in [1.807, 2.05) is 37.3 Å². The summed E-state index contributed by atoms with van der Waals surface area (Å²) in [6.07, 6.45) is 0.635. The molecule has 2 aromatic rings. The Bertz CT molecular complexity index is 693. The van der Waals surface area contributed by atoms with E-state index in [4.69, 9.17) is 5.11 Å². The molecule has 0 saturated heterocycles. The molecule has 1 heterocycles. The number of rotatable bonds is 6. The largest absolute Gasteiger partial charge is 0.391 e. The Balaban J connectivity index is 2.11. The van der Waals surface area contributed by atoms with Gasteiger partial charge in [-0.15, -0.1) is 11.3 Å². The van der Waals surface area contributed by atoms with E-state index in [2.05, 4.69) is 4.72 Å². The summed E-state index contributed by atoms with van der Waals surface area (Å²) in [6.45, 7) is 3.46. The van der Waals surface area contributed by atoms with Crippen LogP contribution in [0.3, 0.4) is 0 Å². The third kappa shape index (κ3) is 4.14. The monoisotopic (exact) mass is 325 g/mol. The summed E-state index contributed by atoms with van der Waals surface area (Å²) < 4.78 is 27.5. The Morgan fingerprint density at radius 2 is 1.95 bits per heavy atom. The lowest BCUT2D eigenvalue weighted by molar-refractivity contribution is 0.285. The maximum absolute atomic E-state index is 12.4. The Hall–Kier alpha value is -1.21. The normalized spacial score (nSPS) is 13.3. The van der Waals surface area contributed by atoms with Crippen LogP contribution in [0.4, 0.5) is 0 Å². The van der Waals surface area contributed by atoms with Crippen LogP contribution in [0, 0.1) is 6.92 Å². The minimum Gasteiger partial charge on any atom is -0.391 e. The second-order valence-electron chi connectivity index (χ2n) is 5.00. The average Bonchev–Trinajstić information content (AvgIpc) is 2.81. The van der Waals surface area contributed by atoms with Crippen molar-refractivity contribution in [2.45, 2.75) is 37.8 Å². The quantitative estimate of drug-likeness (QED) is 0.857. The van der Waals surface area contributed by atoms with Gasteiger partial charge in [-0.05, 0) is 31.9 Å². The summed E-state index contributed by atoms with van der Waals surface area (Å²) in [7, 11) is -3.55. The van der Waals surface area contributed by atoms with Crippen LogP contribution in [-0.2, 0) is 23.1 Å². The van der Waals surface area contributed by atoms with Crippen molar-refractivity contribution < 1.29 is 13.5 Å². The van der Waals surface area contributed by atoms with Gasteiger partial charge in [-0.3, -0.25) is 0 Å². The topological polar surface area (TPSA) is 66.4 Å². The summed E-state index contributed by atoms with van der Waals surface area (Å²) in [5, 5.41) is 9.11. The molecule has 1 unspecified atom stereocenters. The molecule has 0 aliphatic heterocycles. The lowest BCUT2D eigenvalue weighted by atomic mass is 10.1. The Morgan fingerprint density at radius 1 is 1.29 bits per heavy atom. The zero-order chi connectivity index (χ0) is 15.5. The van der Waals surface area contributed by atoms with E-state index in [0.717, 1.165) is 5.56 Å². The molecule has 0 saturated carbocycles. The van der Waals surface area contributed by atoms with E-state index in [1.165, 1.54) is 17.4 Å². The number of benzene rings is 1. The number of hydrogen-bond acceptors (Lipinski definition) is 4. The summed E-state index contributed by atoms with van der Waals surface area (Å²) >= 11 is 1.30. The van der Waals surface area contributed by atoms with Crippen molar-refractivity contribution in [1.82, 2.24) is 4.72 Å². The van der Waals surface area contributed by atoms with Crippen LogP contribution < -0.4 is 4.72 Å². The molecular formula is C15H19NO3S2. The molecule has 1 aromatic heterocycles. The van der Waals surface area contributed by atoms with E-state index >= 15 is 0 Å². The van der Waals surface area contributed by atoms with Gasteiger partial charge in [-0.25, -0.2) is 13.1 Å². The van der Waals surface area contributed by atoms with Crippen molar-refractivity contribution in [2.75, 3.05) is 0 Å². The third-order valence-electron chi connectivity index (χ3n) is 3.11. The fourth-order valence-corrected chi connectivity index (χ4v) is 4.95.